The van der Waals surface area contributed by atoms with E-state index in [0.29, 0.717) is 23.8 Å². The Morgan fingerprint density at radius 3 is 2.69 bits per heavy atom. The quantitative estimate of drug-likeness (QED) is 0.358. The van der Waals surface area contributed by atoms with E-state index in [4.69, 9.17) is 9.15 Å². The number of nitrogens with zero attached hydrogens (tertiary/aromatic N) is 1. The Bertz CT molecular complexity index is 1610. The molecule has 0 bridgehead atoms. The molecule has 1 aliphatic carbocycles. The number of halogens is 2. The fourth-order valence-corrected chi connectivity index (χ4v) is 5.19. The SMILES string of the molecule is Cc1c(Cc2cccc(NS(=O)(=O)C3CC3)c2F)c(=O)oc2cc(Oc3ncccc3F)ccc12. The number of pyridine rings is 1. The van der Waals surface area contributed by atoms with E-state index in [1.807, 2.05) is 0 Å². The number of rotatable bonds is 7. The molecule has 2 aromatic heterocycles. The molecule has 0 radical (unpaired) electrons. The Labute approximate surface area is 199 Å². The van der Waals surface area contributed by atoms with Crippen LogP contribution in [0, 0.1) is 18.6 Å². The molecule has 180 valence electrons. The molecule has 0 unspecified atom stereocenters. The van der Waals surface area contributed by atoms with Crippen molar-refractivity contribution in [3.63, 3.8) is 0 Å². The highest BCUT2D eigenvalue weighted by Gasteiger charge is 2.36. The predicted octanol–water partition coefficient (Wildman–Crippen LogP) is 5.06. The van der Waals surface area contributed by atoms with Crippen LogP contribution in [0.15, 0.2) is 63.9 Å². The van der Waals surface area contributed by atoms with Crippen LogP contribution in [0.2, 0.25) is 0 Å². The number of nitrogens with one attached hydrogen (secondary N) is 1. The molecule has 2 aromatic carbocycles. The lowest BCUT2D eigenvalue weighted by atomic mass is 9.99. The van der Waals surface area contributed by atoms with Crippen molar-refractivity contribution < 1.29 is 26.4 Å². The lowest BCUT2D eigenvalue weighted by molar-refractivity contribution is 0.422. The van der Waals surface area contributed by atoms with Gasteiger partial charge in [0.1, 0.15) is 11.3 Å². The minimum Gasteiger partial charge on any atom is -0.436 e. The highest BCUT2D eigenvalue weighted by atomic mass is 32.2. The van der Waals surface area contributed by atoms with Gasteiger partial charge in [-0.2, -0.15) is 0 Å². The van der Waals surface area contributed by atoms with E-state index in [9.17, 15) is 17.6 Å². The van der Waals surface area contributed by atoms with Gasteiger partial charge in [-0.15, -0.1) is 0 Å². The second kappa shape index (κ2) is 8.77. The minimum atomic E-state index is -3.64. The molecule has 35 heavy (non-hydrogen) atoms. The van der Waals surface area contributed by atoms with Crippen LogP contribution in [0.1, 0.15) is 29.5 Å². The standard InChI is InChI=1S/C25H20F2N2O5S/c1-14-18-10-7-16(33-24-20(26)5-3-11-28-24)13-22(18)34-25(30)19(14)12-15-4-2-6-21(23(15)27)29-35(31,32)17-8-9-17/h2-7,10-11,13,17,29H,8-9,12H2,1H3. The smallest absolute Gasteiger partial charge is 0.340 e. The first-order chi connectivity index (χ1) is 16.7. The number of sulfonamides is 1. The number of fused-ring (bicyclic) bond motifs is 1. The molecule has 0 spiro atoms. The van der Waals surface area contributed by atoms with Gasteiger partial charge >= 0.3 is 5.63 Å². The molecule has 0 aliphatic heterocycles. The third-order valence-electron chi connectivity index (χ3n) is 5.86. The molecule has 1 saturated carbocycles. The van der Waals surface area contributed by atoms with Crippen molar-refractivity contribution in [2.24, 2.45) is 0 Å². The van der Waals surface area contributed by atoms with Gasteiger partial charge in [-0.25, -0.2) is 27.0 Å². The Morgan fingerprint density at radius 1 is 1.14 bits per heavy atom. The summed E-state index contributed by atoms with van der Waals surface area (Å²) < 4.78 is 66.7. The summed E-state index contributed by atoms with van der Waals surface area (Å²) in [5, 5.41) is 0.0998. The Kier molecular flexibility index (Phi) is 5.76. The van der Waals surface area contributed by atoms with E-state index in [0.717, 1.165) is 0 Å². The maximum atomic E-state index is 15.1. The molecule has 1 aliphatic rings. The zero-order valence-corrected chi connectivity index (χ0v) is 19.4. The van der Waals surface area contributed by atoms with E-state index >= 15 is 4.39 Å². The highest BCUT2D eigenvalue weighted by molar-refractivity contribution is 7.93. The zero-order valence-electron chi connectivity index (χ0n) is 18.5. The van der Waals surface area contributed by atoms with Gasteiger partial charge in [0.2, 0.25) is 10.0 Å². The molecule has 10 heteroatoms. The van der Waals surface area contributed by atoms with Crippen LogP contribution in [0.5, 0.6) is 11.6 Å². The molecule has 7 nitrogen and oxygen atoms in total. The van der Waals surface area contributed by atoms with E-state index in [2.05, 4.69) is 9.71 Å². The summed E-state index contributed by atoms with van der Waals surface area (Å²) in [5.74, 6) is -1.36. The fourth-order valence-electron chi connectivity index (χ4n) is 3.80. The van der Waals surface area contributed by atoms with Crippen LogP contribution >= 0.6 is 0 Å². The van der Waals surface area contributed by atoms with Crippen LogP contribution in [0.25, 0.3) is 11.0 Å². The van der Waals surface area contributed by atoms with Crippen LogP contribution in [-0.2, 0) is 16.4 Å². The number of aryl methyl sites for hydroxylation is 1. The van der Waals surface area contributed by atoms with Crippen LogP contribution in [0.3, 0.4) is 0 Å². The third-order valence-corrected chi connectivity index (χ3v) is 7.71. The molecule has 0 saturated heterocycles. The number of anilines is 1. The van der Waals surface area contributed by atoms with Crippen molar-refractivity contribution in [1.29, 1.82) is 0 Å². The fraction of sp³-hybridized carbons (Fsp3) is 0.200. The Hall–Kier alpha value is -3.79. The number of benzene rings is 2. The first-order valence-electron chi connectivity index (χ1n) is 10.9. The first kappa shape index (κ1) is 23.0. The molecule has 1 N–H and O–H groups in total. The van der Waals surface area contributed by atoms with Gasteiger partial charge in [0.15, 0.2) is 11.6 Å². The van der Waals surface area contributed by atoms with E-state index in [1.54, 1.807) is 19.1 Å². The van der Waals surface area contributed by atoms with Gasteiger partial charge in [0, 0.05) is 29.6 Å². The second-order valence-corrected chi connectivity index (χ2v) is 10.3. The average Bonchev–Trinajstić information content (AvgIpc) is 3.67. The molecule has 2 heterocycles. The molecular weight excluding hydrogens is 478 g/mol. The summed E-state index contributed by atoms with van der Waals surface area (Å²) in [6.45, 7) is 1.71. The van der Waals surface area contributed by atoms with Gasteiger partial charge in [-0.1, -0.05) is 12.1 Å². The molecular formula is C25H20F2N2O5S. The van der Waals surface area contributed by atoms with Gasteiger partial charge < -0.3 is 9.15 Å². The maximum Gasteiger partial charge on any atom is 0.340 e. The van der Waals surface area contributed by atoms with Crippen molar-refractivity contribution in [2.75, 3.05) is 4.72 Å². The topological polar surface area (TPSA) is 98.5 Å². The van der Waals surface area contributed by atoms with Crippen molar-refractivity contribution in [3.05, 3.63) is 93.5 Å². The molecule has 4 aromatic rings. The van der Waals surface area contributed by atoms with Crippen molar-refractivity contribution in [2.45, 2.75) is 31.4 Å². The lowest BCUT2D eigenvalue weighted by Crippen LogP contribution is -2.19. The Morgan fingerprint density at radius 2 is 1.94 bits per heavy atom. The molecule has 0 atom stereocenters. The number of hydrogen-bond donors (Lipinski definition) is 1. The minimum absolute atomic E-state index is 0.0909. The molecule has 5 rings (SSSR count). The summed E-state index contributed by atoms with van der Waals surface area (Å²) >= 11 is 0. The van der Waals surface area contributed by atoms with Crippen molar-refractivity contribution in [1.82, 2.24) is 4.98 Å². The van der Waals surface area contributed by atoms with Gasteiger partial charge in [0.25, 0.3) is 5.88 Å². The highest BCUT2D eigenvalue weighted by Crippen LogP contribution is 2.32. The van der Waals surface area contributed by atoms with E-state index < -0.39 is 32.5 Å². The van der Waals surface area contributed by atoms with Crippen molar-refractivity contribution >= 4 is 26.7 Å². The van der Waals surface area contributed by atoms with Crippen molar-refractivity contribution in [3.8, 4) is 11.6 Å². The molecule has 1 fully saturated rings. The lowest BCUT2D eigenvalue weighted by Gasteiger charge is -2.13. The third kappa shape index (κ3) is 4.61. The van der Waals surface area contributed by atoms with Gasteiger partial charge in [-0.05, 0) is 61.2 Å². The van der Waals surface area contributed by atoms with Crippen LogP contribution < -0.4 is 15.1 Å². The summed E-state index contributed by atoms with van der Waals surface area (Å²) in [4.78, 5) is 16.6. The zero-order chi connectivity index (χ0) is 24.7. The molecule has 0 amide bonds. The largest absolute Gasteiger partial charge is 0.436 e. The summed E-state index contributed by atoms with van der Waals surface area (Å²) in [5.41, 5.74) is 0.372. The number of hydrogen-bond acceptors (Lipinski definition) is 6. The van der Waals surface area contributed by atoms with E-state index in [-0.39, 0.29) is 40.4 Å². The predicted molar refractivity (Wildman–Crippen MR) is 126 cm³/mol. The van der Waals surface area contributed by atoms with E-state index in [1.165, 1.54) is 42.6 Å². The first-order valence-corrected chi connectivity index (χ1v) is 12.4. The summed E-state index contributed by atoms with van der Waals surface area (Å²) in [6, 6.07) is 11.7. The van der Waals surface area contributed by atoms with Crippen LogP contribution in [0.4, 0.5) is 14.5 Å². The van der Waals surface area contributed by atoms with Gasteiger partial charge in [-0.3, -0.25) is 4.72 Å². The second-order valence-electron chi connectivity index (χ2n) is 8.35. The summed E-state index contributed by atoms with van der Waals surface area (Å²) in [7, 11) is -3.64. The average molecular weight is 499 g/mol. The normalized spacial score (nSPS) is 13.7. The maximum absolute atomic E-state index is 15.1. The number of aromatic nitrogens is 1. The van der Waals surface area contributed by atoms with Gasteiger partial charge in [0.05, 0.1) is 10.9 Å². The summed E-state index contributed by atoms with van der Waals surface area (Å²) in [6.07, 6.45) is 2.41. The monoisotopic (exact) mass is 498 g/mol. The van der Waals surface area contributed by atoms with Crippen LogP contribution in [-0.4, -0.2) is 18.7 Å². The number of ether oxygens (including phenoxy) is 1. The Balaban J connectivity index is 1.46.